The average molecular weight is 568 g/mol. The monoisotopic (exact) mass is 567 g/mol. The first-order valence-corrected chi connectivity index (χ1v) is 11.9. The summed E-state index contributed by atoms with van der Waals surface area (Å²) in [5.74, 6) is -4.97. The Bertz CT molecular complexity index is 1160. The topological polar surface area (TPSA) is 193 Å². The Hall–Kier alpha value is -4.53. The third kappa shape index (κ3) is 9.04. The molecule has 0 aromatic heterocycles. The van der Waals surface area contributed by atoms with Crippen LogP contribution >= 0.6 is 0 Å². The number of nitro benzene ring substituents is 1. The number of esters is 5. The maximum Gasteiger partial charge on any atom is 0.373 e. The van der Waals surface area contributed by atoms with Crippen LogP contribution < -0.4 is 0 Å². The average Bonchev–Trinajstić information content (AvgIpc) is 2.85. The first kappa shape index (κ1) is 31.7. The van der Waals surface area contributed by atoms with Crippen molar-refractivity contribution in [3.8, 4) is 0 Å². The van der Waals surface area contributed by atoms with Crippen LogP contribution in [0.15, 0.2) is 30.0 Å². The molecule has 218 valence electrons. The van der Waals surface area contributed by atoms with E-state index in [1.165, 1.54) is 31.2 Å². The van der Waals surface area contributed by atoms with Gasteiger partial charge in [0.2, 0.25) is 18.2 Å². The lowest BCUT2D eigenvalue weighted by atomic mass is 9.98. The zero-order valence-corrected chi connectivity index (χ0v) is 22.4. The Morgan fingerprint density at radius 2 is 1.43 bits per heavy atom. The van der Waals surface area contributed by atoms with E-state index >= 15 is 0 Å². The second-order valence-corrected chi connectivity index (χ2v) is 8.23. The molecule has 0 amide bonds. The Morgan fingerprint density at radius 3 is 1.98 bits per heavy atom. The van der Waals surface area contributed by atoms with Crippen LogP contribution in [0.5, 0.6) is 0 Å². The highest BCUT2D eigenvalue weighted by Gasteiger charge is 2.53. The molecule has 1 unspecified atom stereocenters. The second-order valence-electron chi connectivity index (χ2n) is 8.23. The molecule has 1 aromatic rings. The molecule has 1 aromatic carbocycles. The number of benzene rings is 1. The molecule has 0 spiro atoms. The number of para-hydroxylation sites is 1. The van der Waals surface area contributed by atoms with Crippen molar-refractivity contribution in [3.05, 3.63) is 45.7 Å². The Morgan fingerprint density at radius 1 is 0.850 bits per heavy atom. The summed E-state index contributed by atoms with van der Waals surface area (Å²) in [5.41, 5.74) is -0.407. The Balaban J connectivity index is 2.64. The largest absolute Gasteiger partial charge is 0.463 e. The third-order valence-electron chi connectivity index (χ3n) is 5.09. The Labute approximate surface area is 228 Å². The molecule has 1 aliphatic heterocycles. The van der Waals surface area contributed by atoms with Gasteiger partial charge in [0, 0.05) is 39.8 Å². The zero-order valence-electron chi connectivity index (χ0n) is 22.4. The number of nitro groups is 1. The van der Waals surface area contributed by atoms with E-state index < -0.39 is 77.8 Å². The van der Waals surface area contributed by atoms with Crippen molar-refractivity contribution >= 4 is 41.6 Å². The maximum atomic E-state index is 12.8. The number of hydrogen-bond acceptors (Lipinski definition) is 14. The quantitative estimate of drug-likeness (QED) is 0.0934. The van der Waals surface area contributed by atoms with Crippen molar-refractivity contribution in [2.24, 2.45) is 0 Å². The highest BCUT2D eigenvalue weighted by Crippen LogP contribution is 2.32. The minimum absolute atomic E-state index is 0.0406. The number of nitrogens with zero attached hydrogens (tertiary/aromatic N) is 1. The van der Waals surface area contributed by atoms with Crippen LogP contribution in [0.1, 0.15) is 40.2 Å². The van der Waals surface area contributed by atoms with Crippen LogP contribution in [-0.4, -0.2) is 78.7 Å². The van der Waals surface area contributed by atoms with Crippen molar-refractivity contribution in [2.75, 3.05) is 13.2 Å². The van der Waals surface area contributed by atoms with E-state index in [0.29, 0.717) is 0 Å². The van der Waals surface area contributed by atoms with Crippen molar-refractivity contribution in [1.82, 2.24) is 0 Å². The molecule has 0 saturated carbocycles. The molecular weight excluding hydrogens is 538 g/mol. The van der Waals surface area contributed by atoms with Crippen molar-refractivity contribution in [2.45, 2.75) is 65.3 Å². The highest BCUT2D eigenvalue weighted by atomic mass is 16.7. The van der Waals surface area contributed by atoms with Gasteiger partial charge >= 0.3 is 29.8 Å². The predicted octanol–water partition coefficient (Wildman–Crippen LogP) is 1.60. The van der Waals surface area contributed by atoms with Crippen molar-refractivity contribution in [1.29, 1.82) is 0 Å². The number of hydrogen-bond donors (Lipinski definition) is 0. The lowest BCUT2D eigenvalue weighted by molar-refractivity contribution is -0.385. The summed E-state index contributed by atoms with van der Waals surface area (Å²) >= 11 is 0. The number of rotatable bonds is 11. The number of carbonyl (C=O) groups excluding carboxylic acids is 5. The number of carbonyl (C=O) groups is 5. The molecule has 0 aliphatic carbocycles. The summed E-state index contributed by atoms with van der Waals surface area (Å²) in [6, 6.07) is 5.44. The molecule has 1 heterocycles. The van der Waals surface area contributed by atoms with Gasteiger partial charge in [0.25, 0.3) is 5.69 Å². The lowest BCUT2D eigenvalue weighted by Crippen LogP contribution is -2.63. The lowest BCUT2D eigenvalue weighted by Gasteiger charge is -2.43. The van der Waals surface area contributed by atoms with Gasteiger partial charge in [0.15, 0.2) is 12.2 Å². The van der Waals surface area contributed by atoms with Crippen LogP contribution in [0, 0.1) is 10.1 Å². The zero-order chi connectivity index (χ0) is 30.0. The summed E-state index contributed by atoms with van der Waals surface area (Å²) in [6.07, 6.45) is -6.72. The van der Waals surface area contributed by atoms with E-state index in [9.17, 15) is 34.1 Å². The fraction of sp³-hybridized carbons (Fsp3) is 0.480. The molecule has 5 atom stereocenters. The normalized spacial score (nSPS) is 22.3. The second kappa shape index (κ2) is 14.6. The van der Waals surface area contributed by atoms with Crippen LogP contribution in [0.3, 0.4) is 0 Å². The predicted molar refractivity (Wildman–Crippen MR) is 131 cm³/mol. The summed E-state index contributed by atoms with van der Waals surface area (Å²) in [4.78, 5) is 71.0. The fourth-order valence-corrected chi connectivity index (χ4v) is 3.67. The highest BCUT2D eigenvalue weighted by molar-refractivity contribution is 5.92. The van der Waals surface area contributed by atoms with Gasteiger partial charge in [-0.25, -0.2) is 4.79 Å². The van der Waals surface area contributed by atoms with E-state index in [-0.39, 0.29) is 17.9 Å². The molecule has 1 aliphatic rings. The van der Waals surface area contributed by atoms with Crippen LogP contribution in [0.25, 0.3) is 6.08 Å². The minimum atomic E-state index is -1.75. The minimum Gasteiger partial charge on any atom is -0.463 e. The third-order valence-corrected chi connectivity index (χ3v) is 5.09. The van der Waals surface area contributed by atoms with E-state index in [0.717, 1.165) is 33.8 Å². The van der Waals surface area contributed by atoms with Crippen molar-refractivity contribution < 1.29 is 62.1 Å². The molecule has 15 nitrogen and oxygen atoms in total. The summed E-state index contributed by atoms with van der Waals surface area (Å²) in [7, 11) is 0. The van der Waals surface area contributed by atoms with Gasteiger partial charge in [0.1, 0.15) is 12.7 Å². The maximum absolute atomic E-state index is 12.8. The first-order chi connectivity index (χ1) is 18.8. The molecule has 1 fully saturated rings. The molecule has 0 bridgehead atoms. The van der Waals surface area contributed by atoms with Gasteiger partial charge in [-0.05, 0) is 13.0 Å². The van der Waals surface area contributed by atoms with E-state index in [4.69, 9.17) is 33.2 Å². The summed E-state index contributed by atoms with van der Waals surface area (Å²) in [5, 5.41) is 11.5. The van der Waals surface area contributed by atoms with Crippen molar-refractivity contribution in [3.63, 3.8) is 0 Å². The van der Waals surface area contributed by atoms with Crippen LogP contribution in [0.4, 0.5) is 5.69 Å². The molecular formula is C25H29NO14. The van der Waals surface area contributed by atoms with Gasteiger partial charge in [-0.3, -0.25) is 29.3 Å². The van der Waals surface area contributed by atoms with Gasteiger partial charge in [0.05, 0.1) is 17.1 Å². The van der Waals surface area contributed by atoms with Crippen LogP contribution in [-0.2, 0) is 57.1 Å². The molecule has 2 rings (SSSR count). The fourth-order valence-electron chi connectivity index (χ4n) is 3.67. The van der Waals surface area contributed by atoms with E-state index in [1.54, 1.807) is 0 Å². The molecule has 1 saturated heterocycles. The van der Waals surface area contributed by atoms with Gasteiger partial charge in [-0.2, -0.15) is 0 Å². The van der Waals surface area contributed by atoms with Gasteiger partial charge in [-0.1, -0.05) is 12.1 Å². The molecule has 15 heteroatoms. The SMILES string of the molecule is CCOC(=O)/C(=C/c1ccccc1[N+](=O)[O-])O[C@@H]1O[C@H](COC(C)=O)C(OC(C)=O)[C@H](OC(C)=O)[C@H]1OC(C)=O. The molecule has 40 heavy (non-hydrogen) atoms. The van der Waals surface area contributed by atoms with E-state index in [1.807, 2.05) is 0 Å². The van der Waals surface area contributed by atoms with E-state index in [2.05, 4.69) is 0 Å². The molecule has 0 N–H and O–H groups in total. The standard InChI is InChI=1S/C25H29NO14/c1-6-34-24(31)19(11-17-9-7-8-10-18(17)26(32)33)39-25-23(38-16(5)30)22(37-15(4)29)21(36-14(3)28)20(40-25)12-35-13(2)27/h7-11,20-23,25H,6,12H2,1-5H3/b19-11-/t20-,21?,22+,23-,25-/m1/s1. The summed E-state index contributed by atoms with van der Waals surface area (Å²) in [6.45, 7) is 5.12. The van der Waals surface area contributed by atoms with Crippen LogP contribution in [0.2, 0.25) is 0 Å². The van der Waals surface area contributed by atoms with Gasteiger partial charge in [-0.15, -0.1) is 0 Å². The Kier molecular flexibility index (Phi) is 11.5. The molecule has 0 radical (unpaired) electrons. The van der Waals surface area contributed by atoms with Gasteiger partial charge < -0.3 is 33.2 Å². The first-order valence-electron chi connectivity index (χ1n) is 11.9. The summed E-state index contributed by atoms with van der Waals surface area (Å²) < 4.78 is 37.5. The smallest absolute Gasteiger partial charge is 0.373 e. The number of ether oxygens (including phenoxy) is 7.